The molecule has 21 heavy (non-hydrogen) atoms. The van der Waals surface area contributed by atoms with Crippen LogP contribution in [0.5, 0.6) is 11.5 Å². The van der Waals surface area contributed by atoms with E-state index in [2.05, 4.69) is 0 Å². The van der Waals surface area contributed by atoms with Gasteiger partial charge in [-0.15, -0.1) is 0 Å². The third-order valence-corrected chi connectivity index (χ3v) is 5.26. The molecule has 8 heteroatoms. The van der Waals surface area contributed by atoms with E-state index in [1.807, 2.05) is 0 Å². The van der Waals surface area contributed by atoms with Crippen LogP contribution in [0, 0.1) is 0 Å². The number of benzene rings is 1. The van der Waals surface area contributed by atoms with Crippen molar-refractivity contribution in [2.75, 3.05) is 40.5 Å². The van der Waals surface area contributed by atoms with Gasteiger partial charge in [0.1, 0.15) is 16.4 Å². The number of rotatable bonds is 5. The van der Waals surface area contributed by atoms with Crippen molar-refractivity contribution >= 4 is 10.0 Å². The van der Waals surface area contributed by atoms with E-state index < -0.39 is 10.0 Å². The predicted octanol–water partition coefficient (Wildman–Crippen LogP) is 0.0520. The smallest absolute Gasteiger partial charge is 0.246 e. The Hall–Kier alpha value is -1.35. The second-order valence-electron chi connectivity index (χ2n) is 4.61. The Labute approximate surface area is 124 Å². The van der Waals surface area contributed by atoms with Crippen LogP contribution in [-0.2, 0) is 14.8 Å². The number of nitrogens with zero attached hydrogens (tertiary/aromatic N) is 1. The van der Waals surface area contributed by atoms with Gasteiger partial charge in [-0.2, -0.15) is 4.31 Å². The molecular formula is C13H20N2O5S. The van der Waals surface area contributed by atoms with E-state index in [1.54, 1.807) is 12.1 Å². The highest BCUT2D eigenvalue weighted by molar-refractivity contribution is 7.89. The molecule has 0 bridgehead atoms. The molecule has 1 aliphatic heterocycles. The third kappa shape index (κ3) is 3.29. The lowest BCUT2D eigenvalue weighted by molar-refractivity contribution is 0.00447. The van der Waals surface area contributed by atoms with Gasteiger partial charge in [-0.25, -0.2) is 8.42 Å². The zero-order valence-electron chi connectivity index (χ0n) is 12.1. The summed E-state index contributed by atoms with van der Waals surface area (Å²) >= 11 is 0. The van der Waals surface area contributed by atoms with Crippen molar-refractivity contribution in [3.8, 4) is 11.5 Å². The summed E-state index contributed by atoms with van der Waals surface area (Å²) in [6.07, 6.45) is -0.280. The quantitative estimate of drug-likeness (QED) is 0.825. The average Bonchev–Trinajstić information content (AvgIpc) is 2.54. The zero-order chi connectivity index (χ0) is 15.5. The lowest BCUT2D eigenvalue weighted by atomic mass is 10.3. The predicted molar refractivity (Wildman–Crippen MR) is 77.1 cm³/mol. The molecule has 0 spiro atoms. The van der Waals surface area contributed by atoms with Crippen molar-refractivity contribution in [3.05, 3.63) is 18.2 Å². The number of hydrogen-bond acceptors (Lipinski definition) is 6. The lowest BCUT2D eigenvalue weighted by Crippen LogP contribution is -2.48. The molecule has 7 nitrogen and oxygen atoms in total. The minimum Gasteiger partial charge on any atom is -0.497 e. The van der Waals surface area contributed by atoms with E-state index in [-0.39, 0.29) is 29.8 Å². The van der Waals surface area contributed by atoms with Crippen LogP contribution in [-0.4, -0.2) is 59.3 Å². The molecule has 1 heterocycles. The number of ether oxygens (including phenoxy) is 3. The van der Waals surface area contributed by atoms with Gasteiger partial charge in [-0.3, -0.25) is 0 Å². The van der Waals surface area contributed by atoms with E-state index in [4.69, 9.17) is 19.9 Å². The summed E-state index contributed by atoms with van der Waals surface area (Å²) in [5.74, 6) is 0.790. The first-order valence-corrected chi connectivity index (χ1v) is 8.00. The molecule has 118 valence electrons. The SMILES string of the molecule is COc1ccc(S(=O)(=O)N2CCOC(CN)C2)c(OC)c1. The summed E-state index contributed by atoms with van der Waals surface area (Å²) in [4.78, 5) is 0.114. The molecule has 1 fully saturated rings. The van der Waals surface area contributed by atoms with Gasteiger partial charge in [-0.05, 0) is 12.1 Å². The highest BCUT2D eigenvalue weighted by atomic mass is 32.2. The summed E-state index contributed by atoms with van der Waals surface area (Å²) in [6, 6.07) is 4.63. The standard InChI is InChI=1S/C13H20N2O5S/c1-18-10-3-4-13(12(7-10)19-2)21(16,17)15-5-6-20-11(8-14)9-15/h3-4,7,11H,5-6,8-9,14H2,1-2H3. The first-order chi connectivity index (χ1) is 10.0. The summed E-state index contributed by atoms with van der Waals surface area (Å²) in [5, 5.41) is 0. The maximum atomic E-state index is 12.7. The van der Waals surface area contributed by atoms with Crippen LogP contribution in [0.25, 0.3) is 0 Å². The van der Waals surface area contributed by atoms with Gasteiger partial charge in [0, 0.05) is 25.7 Å². The van der Waals surface area contributed by atoms with Crippen molar-refractivity contribution in [1.82, 2.24) is 4.31 Å². The van der Waals surface area contributed by atoms with Crippen molar-refractivity contribution in [2.45, 2.75) is 11.0 Å². The monoisotopic (exact) mass is 316 g/mol. The molecule has 1 aromatic rings. The number of sulfonamides is 1. The van der Waals surface area contributed by atoms with Crippen LogP contribution in [0.2, 0.25) is 0 Å². The van der Waals surface area contributed by atoms with Crippen LogP contribution in [0.1, 0.15) is 0 Å². The number of nitrogens with two attached hydrogens (primary N) is 1. The molecule has 0 radical (unpaired) electrons. The molecule has 1 saturated heterocycles. The molecule has 1 atom stereocenters. The molecule has 0 saturated carbocycles. The highest BCUT2D eigenvalue weighted by Gasteiger charge is 2.32. The number of morpholine rings is 1. The van der Waals surface area contributed by atoms with Crippen LogP contribution >= 0.6 is 0 Å². The fraction of sp³-hybridized carbons (Fsp3) is 0.538. The largest absolute Gasteiger partial charge is 0.497 e. The molecule has 2 rings (SSSR count). The highest BCUT2D eigenvalue weighted by Crippen LogP contribution is 2.31. The van der Waals surface area contributed by atoms with Crippen LogP contribution in [0.15, 0.2) is 23.1 Å². The molecule has 1 unspecified atom stereocenters. The van der Waals surface area contributed by atoms with Crippen molar-refractivity contribution in [3.63, 3.8) is 0 Å². The Bertz CT molecular complexity index is 590. The minimum absolute atomic E-state index is 0.114. The van der Waals surface area contributed by atoms with Gasteiger partial charge >= 0.3 is 0 Å². The van der Waals surface area contributed by atoms with E-state index in [0.717, 1.165) is 0 Å². The summed E-state index contributed by atoms with van der Waals surface area (Å²) < 4.78 is 42.5. The summed E-state index contributed by atoms with van der Waals surface area (Å²) in [7, 11) is -0.718. The Morgan fingerprint density at radius 2 is 2.14 bits per heavy atom. The Kier molecular flexibility index (Phi) is 5.04. The number of hydrogen-bond donors (Lipinski definition) is 1. The maximum absolute atomic E-state index is 12.7. The lowest BCUT2D eigenvalue weighted by Gasteiger charge is -2.31. The normalized spacial score (nSPS) is 20.2. The van der Waals surface area contributed by atoms with Crippen LogP contribution < -0.4 is 15.2 Å². The molecular weight excluding hydrogens is 296 g/mol. The third-order valence-electron chi connectivity index (χ3n) is 3.35. The van der Waals surface area contributed by atoms with Gasteiger partial charge in [0.05, 0.1) is 26.9 Å². The van der Waals surface area contributed by atoms with E-state index in [0.29, 0.717) is 18.9 Å². The minimum atomic E-state index is -3.66. The maximum Gasteiger partial charge on any atom is 0.246 e. The molecule has 0 amide bonds. The van der Waals surface area contributed by atoms with Crippen molar-refractivity contribution in [1.29, 1.82) is 0 Å². The topological polar surface area (TPSA) is 91.1 Å². The average molecular weight is 316 g/mol. The van der Waals surface area contributed by atoms with Crippen LogP contribution in [0.4, 0.5) is 0 Å². The van der Waals surface area contributed by atoms with Crippen LogP contribution in [0.3, 0.4) is 0 Å². The van der Waals surface area contributed by atoms with Gasteiger partial charge in [0.25, 0.3) is 0 Å². The van der Waals surface area contributed by atoms with E-state index >= 15 is 0 Å². The second kappa shape index (κ2) is 6.61. The van der Waals surface area contributed by atoms with Gasteiger partial charge in [0.15, 0.2) is 0 Å². The molecule has 0 aliphatic carbocycles. The van der Waals surface area contributed by atoms with Crippen molar-refractivity contribution in [2.24, 2.45) is 5.73 Å². The van der Waals surface area contributed by atoms with E-state index in [1.165, 1.54) is 24.6 Å². The fourth-order valence-electron chi connectivity index (χ4n) is 2.18. The number of methoxy groups -OCH3 is 2. The van der Waals surface area contributed by atoms with Gasteiger partial charge in [0.2, 0.25) is 10.0 Å². The molecule has 1 aromatic carbocycles. The van der Waals surface area contributed by atoms with E-state index in [9.17, 15) is 8.42 Å². The fourth-order valence-corrected chi connectivity index (χ4v) is 3.77. The van der Waals surface area contributed by atoms with Crippen molar-refractivity contribution < 1.29 is 22.6 Å². The zero-order valence-corrected chi connectivity index (χ0v) is 12.9. The van der Waals surface area contributed by atoms with Gasteiger partial charge in [-0.1, -0.05) is 0 Å². The molecule has 1 aliphatic rings. The molecule has 0 aromatic heterocycles. The molecule has 2 N–H and O–H groups in total. The summed E-state index contributed by atoms with van der Waals surface area (Å²) in [6.45, 7) is 1.16. The summed E-state index contributed by atoms with van der Waals surface area (Å²) in [5.41, 5.74) is 5.55. The first kappa shape index (κ1) is 16.0. The Morgan fingerprint density at radius 1 is 1.38 bits per heavy atom. The Balaban J connectivity index is 2.35. The second-order valence-corrected chi connectivity index (χ2v) is 6.51. The van der Waals surface area contributed by atoms with Gasteiger partial charge < -0.3 is 19.9 Å². The first-order valence-electron chi connectivity index (χ1n) is 6.56. The Morgan fingerprint density at radius 3 is 2.76 bits per heavy atom.